The summed E-state index contributed by atoms with van der Waals surface area (Å²) in [5.74, 6) is 0.604. The zero-order valence-electron chi connectivity index (χ0n) is 15.5. The van der Waals surface area contributed by atoms with Crippen LogP contribution in [0.25, 0.3) is 33.1 Å². The van der Waals surface area contributed by atoms with E-state index in [9.17, 15) is 4.79 Å². The quantitative estimate of drug-likeness (QED) is 0.562. The summed E-state index contributed by atoms with van der Waals surface area (Å²) in [6, 6.07) is 17.7. The van der Waals surface area contributed by atoms with Gasteiger partial charge in [0, 0.05) is 27.9 Å². The maximum Gasteiger partial charge on any atom is 0.270 e. The lowest BCUT2D eigenvalue weighted by atomic mass is 10.1. The Labute approximate surface area is 157 Å². The molecule has 5 nitrogen and oxygen atoms in total. The van der Waals surface area contributed by atoms with Crippen LogP contribution in [0.3, 0.4) is 0 Å². The number of nitrogens with zero attached hydrogens (tertiary/aromatic N) is 1. The highest BCUT2D eigenvalue weighted by Gasteiger charge is 2.17. The molecule has 0 saturated heterocycles. The molecule has 0 saturated carbocycles. The van der Waals surface area contributed by atoms with Crippen LogP contribution < -0.4 is 10.1 Å². The SMILES string of the molecule is COc1ccc(-c2nc(C(=O)NC(C)C)cc3c2[nH]c2ccccc23)cc1. The minimum atomic E-state index is -0.174. The number of carbonyl (C=O) groups is 1. The predicted molar refractivity (Wildman–Crippen MR) is 108 cm³/mol. The van der Waals surface area contributed by atoms with E-state index in [1.165, 1.54) is 0 Å². The number of rotatable bonds is 4. The Balaban J connectivity index is 1.97. The van der Waals surface area contributed by atoms with E-state index >= 15 is 0 Å². The van der Waals surface area contributed by atoms with E-state index in [0.717, 1.165) is 38.8 Å². The molecule has 0 aliphatic rings. The number of pyridine rings is 1. The van der Waals surface area contributed by atoms with Crippen LogP contribution in [0.15, 0.2) is 54.6 Å². The van der Waals surface area contributed by atoms with Gasteiger partial charge in [0.1, 0.15) is 11.4 Å². The van der Waals surface area contributed by atoms with Crippen LogP contribution in [0.4, 0.5) is 0 Å². The predicted octanol–water partition coefficient (Wildman–Crippen LogP) is 4.53. The van der Waals surface area contributed by atoms with Crippen molar-refractivity contribution in [3.8, 4) is 17.0 Å². The smallest absolute Gasteiger partial charge is 0.270 e. The molecule has 0 aliphatic carbocycles. The van der Waals surface area contributed by atoms with Crippen LogP contribution in [0.5, 0.6) is 5.75 Å². The normalized spacial score (nSPS) is 11.3. The maximum absolute atomic E-state index is 12.6. The van der Waals surface area contributed by atoms with Crippen molar-refractivity contribution in [1.82, 2.24) is 15.3 Å². The first-order valence-electron chi connectivity index (χ1n) is 8.93. The Morgan fingerprint density at radius 1 is 1.07 bits per heavy atom. The molecule has 0 fully saturated rings. The van der Waals surface area contributed by atoms with Crippen LogP contribution >= 0.6 is 0 Å². The number of nitrogens with one attached hydrogen (secondary N) is 2. The number of amides is 1. The van der Waals surface area contributed by atoms with Crippen molar-refractivity contribution in [1.29, 1.82) is 0 Å². The van der Waals surface area contributed by atoms with Crippen molar-refractivity contribution < 1.29 is 9.53 Å². The number of hydrogen-bond acceptors (Lipinski definition) is 3. The van der Waals surface area contributed by atoms with Gasteiger partial charge in [0.15, 0.2) is 0 Å². The van der Waals surface area contributed by atoms with E-state index < -0.39 is 0 Å². The molecule has 2 aromatic carbocycles. The lowest BCUT2D eigenvalue weighted by molar-refractivity contribution is 0.0938. The first-order chi connectivity index (χ1) is 13.1. The van der Waals surface area contributed by atoms with Gasteiger partial charge < -0.3 is 15.0 Å². The molecular formula is C22H21N3O2. The molecule has 2 N–H and O–H groups in total. The summed E-state index contributed by atoms with van der Waals surface area (Å²) >= 11 is 0. The molecule has 136 valence electrons. The first-order valence-corrected chi connectivity index (χ1v) is 8.93. The fourth-order valence-corrected chi connectivity index (χ4v) is 3.26. The lowest BCUT2D eigenvalue weighted by Gasteiger charge is -2.10. The fourth-order valence-electron chi connectivity index (χ4n) is 3.26. The summed E-state index contributed by atoms with van der Waals surface area (Å²) in [6.07, 6.45) is 0. The summed E-state index contributed by atoms with van der Waals surface area (Å²) in [4.78, 5) is 20.8. The Hall–Kier alpha value is -3.34. The summed E-state index contributed by atoms with van der Waals surface area (Å²) in [6.45, 7) is 3.87. The van der Waals surface area contributed by atoms with Gasteiger partial charge >= 0.3 is 0 Å². The fraction of sp³-hybridized carbons (Fsp3) is 0.182. The molecule has 0 radical (unpaired) electrons. The van der Waals surface area contributed by atoms with Crippen molar-refractivity contribution in [2.45, 2.75) is 19.9 Å². The molecular weight excluding hydrogens is 338 g/mol. The van der Waals surface area contributed by atoms with Gasteiger partial charge in [-0.15, -0.1) is 0 Å². The van der Waals surface area contributed by atoms with Gasteiger partial charge in [-0.1, -0.05) is 18.2 Å². The third kappa shape index (κ3) is 3.12. The average molecular weight is 359 g/mol. The number of H-pyrrole nitrogens is 1. The molecule has 5 heteroatoms. The van der Waals surface area contributed by atoms with Crippen LogP contribution in [0.2, 0.25) is 0 Å². The second-order valence-electron chi connectivity index (χ2n) is 6.81. The van der Waals surface area contributed by atoms with Gasteiger partial charge in [0.05, 0.1) is 18.3 Å². The minimum absolute atomic E-state index is 0.0439. The van der Waals surface area contributed by atoms with E-state index in [1.807, 2.05) is 62.4 Å². The number of fused-ring (bicyclic) bond motifs is 3. The minimum Gasteiger partial charge on any atom is -0.497 e. The number of methoxy groups -OCH3 is 1. The first kappa shape index (κ1) is 17.1. The van der Waals surface area contributed by atoms with Crippen molar-refractivity contribution in [2.24, 2.45) is 0 Å². The van der Waals surface area contributed by atoms with Crippen molar-refractivity contribution >= 4 is 27.7 Å². The number of ether oxygens (including phenoxy) is 1. The summed E-state index contributed by atoms with van der Waals surface area (Å²) in [5.41, 5.74) is 4.02. The molecule has 4 rings (SSSR count). The molecule has 0 bridgehead atoms. The number of para-hydroxylation sites is 1. The summed E-state index contributed by atoms with van der Waals surface area (Å²) < 4.78 is 5.25. The number of carbonyl (C=O) groups excluding carboxylic acids is 1. The number of benzene rings is 2. The highest BCUT2D eigenvalue weighted by atomic mass is 16.5. The molecule has 0 aliphatic heterocycles. The van der Waals surface area contributed by atoms with Gasteiger partial charge in [0.2, 0.25) is 0 Å². The molecule has 4 aromatic rings. The van der Waals surface area contributed by atoms with Gasteiger partial charge in [-0.2, -0.15) is 0 Å². The van der Waals surface area contributed by atoms with E-state index in [4.69, 9.17) is 9.72 Å². The summed E-state index contributed by atoms with van der Waals surface area (Å²) in [7, 11) is 1.64. The van der Waals surface area contributed by atoms with Gasteiger partial charge in [-0.05, 0) is 50.2 Å². The molecule has 2 aromatic heterocycles. The van der Waals surface area contributed by atoms with Crippen LogP contribution in [-0.2, 0) is 0 Å². The second-order valence-corrected chi connectivity index (χ2v) is 6.81. The highest BCUT2D eigenvalue weighted by molar-refractivity contribution is 6.13. The molecule has 2 heterocycles. The highest BCUT2D eigenvalue weighted by Crippen LogP contribution is 2.33. The Morgan fingerprint density at radius 3 is 2.52 bits per heavy atom. The number of aromatic nitrogens is 2. The second kappa shape index (κ2) is 6.76. The lowest BCUT2D eigenvalue weighted by Crippen LogP contribution is -2.30. The van der Waals surface area contributed by atoms with Crippen molar-refractivity contribution in [3.63, 3.8) is 0 Å². The van der Waals surface area contributed by atoms with E-state index in [0.29, 0.717) is 5.69 Å². The zero-order chi connectivity index (χ0) is 19.0. The monoisotopic (exact) mass is 359 g/mol. The van der Waals surface area contributed by atoms with Gasteiger partial charge in [0.25, 0.3) is 5.91 Å². The number of hydrogen-bond donors (Lipinski definition) is 2. The molecule has 0 spiro atoms. The standard InChI is InChI=1S/C22H21N3O2/c1-13(2)23-22(26)19-12-17-16-6-4-5-7-18(16)24-21(17)20(25-19)14-8-10-15(27-3)11-9-14/h4-13,24H,1-3H3,(H,23,26). The Morgan fingerprint density at radius 2 is 1.81 bits per heavy atom. The molecule has 0 atom stereocenters. The topological polar surface area (TPSA) is 67.0 Å². The third-order valence-electron chi connectivity index (χ3n) is 4.51. The Bertz CT molecular complexity index is 1130. The molecule has 27 heavy (non-hydrogen) atoms. The van der Waals surface area contributed by atoms with Gasteiger partial charge in [-0.3, -0.25) is 4.79 Å². The summed E-state index contributed by atoms with van der Waals surface area (Å²) in [5, 5.41) is 4.99. The van der Waals surface area contributed by atoms with E-state index in [1.54, 1.807) is 7.11 Å². The molecule has 0 unspecified atom stereocenters. The van der Waals surface area contributed by atoms with Crippen LogP contribution in [0, 0.1) is 0 Å². The Kier molecular flexibility index (Phi) is 4.28. The van der Waals surface area contributed by atoms with Crippen molar-refractivity contribution in [3.05, 3.63) is 60.3 Å². The average Bonchev–Trinajstić information content (AvgIpc) is 3.05. The largest absolute Gasteiger partial charge is 0.497 e. The van der Waals surface area contributed by atoms with Crippen LogP contribution in [-0.4, -0.2) is 29.0 Å². The van der Waals surface area contributed by atoms with E-state index in [2.05, 4.69) is 16.4 Å². The molecule has 1 amide bonds. The maximum atomic E-state index is 12.6. The third-order valence-corrected chi connectivity index (χ3v) is 4.51. The zero-order valence-corrected chi connectivity index (χ0v) is 15.5. The van der Waals surface area contributed by atoms with E-state index in [-0.39, 0.29) is 11.9 Å². The van der Waals surface area contributed by atoms with Gasteiger partial charge in [-0.25, -0.2) is 4.98 Å². The van der Waals surface area contributed by atoms with Crippen LogP contribution in [0.1, 0.15) is 24.3 Å². The van der Waals surface area contributed by atoms with Crippen molar-refractivity contribution in [2.75, 3.05) is 7.11 Å². The number of aromatic amines is 1.